The van der Waals surface area contributed by atoms with Gasteiger partial charge in [-0.2, -0.15) is 0 Å². The Bertz CT molecular complexity index is 483. The predicted molar refractivity (Wildman–Crippen MR) is 82.1 cm³/mol. The number of rotatable bonds is 4. The number of hydrogen-bond donors (Lipinski definition) is 2. The standard InChI is InChI=1S/C17H24N2O2/c20-17(19-9-8-14-6-3-4-10-21-14)16-12-18-11-13-5-1-2-7-15(13)16/h1-2,5,7,14,16,18H,3-4,6,8-12H2,(H,19,20). The number of fused-ring (bicyclic) bond motifs is 1. The second kappa shape index (κ2) is 7.05. The van der Waals surface area contributed by atoms with Crippen LogP contribution < -0.4 is 10.6 Å². The highest BCUT2D eigenvalue weighted by Gasteiger charge is 2.25. The first-order valence-corrected chi connectivity index (χ1v) is 8.02. The minimum atomic E-state index is -0.0674. The molecule has 2 unspecified atom stereocenters. The first kappa shape index (κ1) is 14.5. The second-order valence-corrected chi connectivity index (χ2v) is 5.95. The van der Waals surface area contributed by atoms with E-state index in [1.165, 1.54) is 24.0 Å². The van der Waals surface area contributed by atoms with Crippen LogP contribution in [0.3, 0.4) is 0 Å². The summed E-state index contributed by atoms with van der Waals surface area (Å²) in [6.07, 6.45) is 4.80. The Morgan fingerprint density at radius 2 is 2.24 bits per heavy atom. The summed E-state index contributed by atoms with van der Waals surface area (Å²) < 4.78 is 5.70. The molecule has 114 valence electrons. The van der Waals surface area contributed by atoms with E-state index in [0.29, 0.717) is 12.6 Å². The van der Waals surface area contributed by atoms with Crippen molar-refractivity contribution in [3.8, 4) is 0 Å². The van der Waals surface area contributed by atoms with Gasteiger partial charge in [0.1, 0.15) is 0 Å². The van der Waals surface area contributed by atoms with Gasteiger partial charge >= 0.3 is 0 Å². The van der Waals surface area contributed by atoms with E-state index in [1.807, 2.05) is 12.1 Å². The molecule has 2 N–H and O–H groups in total. The van der Waals surface area contributed by atoms with E-state index < -0.39 is 0 Å². The number of nitrogens with one attached hydrogen (secondary N) is 2. The van der Waals surface area contributed by atoms with Crippen LogP contribution in [0.2, 0.25) is 0 Å². The molecule has 1 saturated heterocycles. The van der Waals surface area contributed by atoms with E-state index >= 15 is 0 Å². The number of hydrogen-bond acceptors (Lipinski definition) is 3. The summed E-state index contributed by atoms with van der Waals surface area (Å²) >= 11 is 0. The van der Waals surface area contributed by atoms with Gasteiger partial charge in [-0.3, -0.25) is 4.79 Å². The van der Waals surface area contributed by atoms with Gasteiger partial charge < -0.3 is 15.4 Å². The van der Waals surface area contributed by atoms with Crippen LogP contribution >= 0.6 is 0 Å². The first-order valence-electron chi connectivity index (χ1n) is 8.02. The smallest absolute Gasteiger partial charge is 0.228 e. The van der Waals surface area contributed by atoms with E-state index in [9.17, 15) is 4.79 Å². The normalized spacial score (nSPS) is 25.1. The van der Waals surface area contributed by atoms with Crippen LogP contribution in [0.5, 0.6) is 0 Å². The highest BCUT2D eigenvalue weighted by molar-refractivity contribution is 5.84. The monoisotopic (exact) mass is 288 g/mol. The van der Waals surface area contributed by atoms with E-state index in [0.717, 1.165) is 32.5 Å². The lowest BCUT2D eigenvalue weighted by molar-refractivity contribution is -0.122. The van der Waals surface area contributed by atoms with E-state index in [-0.39, 0.29) is 11.8 Å². The molecule has 0 bridgehead atoms. The third-order valence-electron chi connectivity index (χ3n) is 4.45. The van der Waals surface area contributed by atoms with Crippen LogP contribution in [0.25, 0.3) is 0 Å². The Balaban J connectivity index is 1.51. The van der Waals surface area contributed by atoms with Gasteiger partial charge in [0.2, 0.25) is 5.91 Å². The zero-order chi connectivity index (χ0) is 14.5. The minimum absolute atomic E-state index is 0.0674. The molecular formula is C17H24N2O2. The Morgan fingerprint density at radius 1 is 1.33 bits per heavy atom. The molecule has 21 heavy (non-hydrogen) atoms. The van der Waals surface area contributed by atoms with Gasteiger partial charge in [-0.05, 0) is 36.8 Å². The van der Waals surface area contributed by atoms with Crippen molar-refractivity contribution in [1.82, 2.24) is 10.6 Å². The van der Waals surface area contributed by atoms with Gasteiger partial charge in [0.25, 0.3) is 0 Å². The molecule has 1 aromatic carbocycles. The average molecular weight is 288 g/mol. The fraction of sp³-hybridized carbons (Fsp3) is 0.588. The van der Waals surface area contributed by atoms with Gasteiger partial charge in [-0.15, -0.1) is 0 Å². The van der Waals surface area contributed by atoms with Crippen LogP contribution in [0, 0.1) is 0 Å². The van der Waals surface area contributed by atoms with Crippen molar-refractivity contribution in [3.63, 3.8) is 0 Å². The Hall–Kier alpha value is -1.39. The van der Waals surface area contributed by atoms with Crippen LogP contribution in [-0.2, 0) is 16.1 Å². The van der Waals surface area contributed by atoms with Crippen LogP contribution in [-0.4, -0.2) is 31.7 Å². The maximum atomic E-state index is 12.4. The van der Waals surface area contributed by atoms with E-state index in [2.05, 4.69) is 22.8 Å². The summed E-state index contributed by atoms with van der Waals surface area (Å²) in [4.78, 5) is 12.4. The highest BCUT2D eigenvalue weighted by atomic mass is 16.5. The third-order valence-corrected chi connectivity index (χ3v) is 4.45. The Kier molecular flexibility index (Phi) is 4.88. The average Bonchev–Trinajstić information content (AvgIpc) is 2.55. The van der Waals surface area contributed by atoms with Crippen LogP contribution in [0.15, 0.2) is 24.3 Å². The molecule has 1 amide bonds. The third kappa shape index (κ3) is 3.63. The van der Waals surface area contributed by atoms with Crippen LogP contribution in [0.4, 0.5) is 0 Å². The Morgan fingerprint density at radius 3 is 3.10 bits per heavy atom. The Labute approximate surface area is 126 Å². The van der Waals surface area contributed by atoms with Gasteiger partial charge in [0.15, 0.2) is 0 Å². The largest absolute Gasteiger partial charge is 0.378 e. The molecule has 3 rings (SSSR count). The SMILES string of the molecule is O=C(NCCC1CCCCO1)C1CNCc2ccccc21. The zero-order valence-electron chi connectivity index (χ0n) is 12.4. The van der Waals surface area contributed by atoms with Gasteiger partial charge in [0, 0.05) is 26.2 Å². The van der Waals surface area contributed by atoms with Crippen molar-refractivity contribution in [2.24, 2.45) is 0 Å². The topological polar surface area (TPSA) is 50.4 Å². The lowest BCUT2D eigenvalue weighted by Crippen LogP contribution is -2.40. The molecule has 2 heterocycles. The van der Waals surface area contributed by atoms with Crippen molar-refractivity contribution in [1.29, 1.82) is 0 Å². The fourth-order valence-electron chi connectivity index (χ4n) is 3.24. The molecule has 0 aromatic heterocycles. The molecule has 0 radical (unpaired) electrons. The second-order valence-electron chi connectivity index (χ2n) is 5.95. The molecule has 4 nitrogen and oxygen atoms in total. The van der Waals surface area contributed by atoms with E-state index in [4.69, 9.17) is 4.74 Å². The summed E-state index contributed by atoms with van der Waals surface area (Å²) in [5.74, 6) is 0.0627. The molecule has 2 atom stereocenters. The van der Waals surface area contributed by atoms with Crippen molar-refractivity contribution in [2.45, 2.75) is 44.2 Å². The van der Waals surface area contributed by atoms with Crippen molar-refractivity contribution >= 4 is 5.91 Å². The van der Waals surface area contributed by atoms with Gasteiger partial charge in [-0.25, -0.2) is 0 Å². The summed E-state index contributed by atoms with van der Waals surface area (Å²) in [6.45, 7) is 3.17. The molecule has 2 aliphatic heterocycles. The zero-order valence-corrected chi connectivity index (χ0v) is 12.4. The number of ether oxygens (including phenoxy) is 1. The number of amides is 1. The molecule has 0 saturated carbocycles. The molecule has 1 aromatic rings. The molecule has 1 fully saturated rings. The summed E-state index contributed by atoms with van der Waals surface area (Å²) in [5, 5.41) is 6.41. The highest BCUT2D eigenvalue weighted by Crippen LogP contribution is 2.24. The van der Waals surface area contributed by atoms with Gasteiger partial charge in [0.05, 0.1) is 12.0 Å². The number of carbonyl (C=O) groups excluding carboxylic acids is 1. The van der Waals surface area contributed by atoms with E-state index in [1.54, 1.807) is 0 Å². The maximum Gasteiger partial charge on any atom is 0.228 e. The molecule has 4 heteroatoms. The summed E-state index contributed by atoms with van der Waals surface area (Å²) in [5.41, 5.74) is 2.40. The summed E-state index contributed by atoms with van der Waals surface area (Å²) in [6, 6.07) is 8.21. The lowest BCUT2D eigenvalue weighted by atomic mass is 9.90. The summed E-state index contributed by atoms with van der Waals surface area (Å²) in [7, 11) is 0. The van der Waals surface area contributed by atoms with Crippen molar-refractivity contribution in [2.75, 3.05) is 19.7 Å². The number of benzene rings is 1. The number of carbonyl (C=O) groups is 1. The molecule has 0 spiro atoms. The molecule has 2 aliphatic rings. The van der Waals surface area contributed by atoms with Crippen LogP contribution in [0.1, 0.15) is 42.7 Å². The van der Waals surface area contributed by atoms with Gasteiger partial charge in [-0.1, -0.05) is 24.3 Å². The molecular weight excluding hydrogens is 264 g/mol. The lowest BCUT2D eigenvalue weighted by Gasteiger charge is -2.26. The maximum absolute atomic E-state index is 12.4. The van der Waals surface area contributed by atoms with Crippen molar-refractivity contribution < 1.29 is 9.53 Å². The minimum Gasteiger partial charge on any atom is -0.378 e. The first-order chi connectivity index (χ1) is 10.3. The molecule has 0 aliphatic carbocycles. The fourth-order valence-corrected chi connectivity index (χ4v) is 3.24. The quantitative estimate of drug-likeness (QED) is 0.890. The van der Waals surface area contributed by atoms with Crippen molar-refractivity contribution in [3.05, 3.63) is 35.4 Å². The predicted octanol–water partition coefficient (Wildman–Crippen LogP) is 1.95.